The van der Waals surface area contributed by atoms with Gasteiger partial charge in [-0.15, -0.1) is 0 Å². The topological polar surface area (TPSA) is 24.9 Å². The van der Waals surface area contributed by atoms with Crippen molar-refractivity contribution in [1.82, 2.24) is 10.3 Å². The maximum Gasteiger partial charge on any atom is 0.0705 e. The molecule has 1 aliphatic heterocycles. The number of rotatable bonds is 1. The van der Waals surface area contributed by atoms with Crippen molar-refractivity contribution in [2.75, 3.05) is 13.1 Å². The number of aryl methyl sites for hydroxylation is 1. The monoisotopic (exact) mass is 224 g/mol. The van der Waals surface area contributed by atoms with Crippen molar-refractivity contribution in [3.05, 3.63) is 41.6 Å². The van der Waals surface area contributed by atoms with Crippen LogP contribution in [0, 0.1) is 12.8 Å². The van der Waals surface area contributed by atoms with Gasteiger partial charge in [0.2, 0.25) is 0 Å². The Kier molecular flexibility index (Phi) is 1.74. The van der Waals surface area contributed by atoms with E-state index >= 15 is 0 Å². The second kappa shape index (κ2) is 3.08. The lowest BCUT2D eigenvalue weighted by Gasteiger charge is -2.13. The number of aromatic nitrogens is 1. The number of hydrogen-bond donors (Lipinski definition) is 1. The van der Waals surface area contributed by atoms with Crippen LogP contribution in [0.2, 0.25) is 0 Å². The first-order chi connectivity index (χ1) is 8.28. The number of nitrogens with zero attached hydrogens (tertiary/aromatic N) is 1. The largest absolute Gasteiger partial charge is 0.316 e. The molecule has 2 nitrogen and oxygen atoms in total. The molecule has 2 aliphatic rings. The van der Waals surface area contributed by atoms with E-state index in [9.17, 15) is 0 Å². The van der Waals surface area contributed by atoms with E-state index in [-0.39, 0.29) is 0 Å². The molecule has 1 aliphatic carbocycles. The average Bonchev–Trinajstić information content (AvgIpc) is 2.91. The normalized spacial score (nSPS) is 30.5. The predicted molar refractivity (Wildman–Crippen MR) is 69.1 cm³/mol. The van der Waals surface area contributed by atoms with E-state index in [2.05, 4.69) is 40.6 Å². The highest BCUT2D eigenvalue weighted by atomic mass is 15.0. The molecule has 0 radical (unpaired) electrons. The molecular formula is C15H16N2. The van der Waals surface area contributed by atoms with Crippen LogP contribution in [0.25, 0.3) is 10.9 Å². The van der Waals surface area contributed by atoms with E-state index in [4.69, 9.17) is 0 Å². The summed E-state index contributed by atoms with van der Waals surface area (Å²) in [5, 5.41) is 4.78. The van der Waals surface area contributed by atoms with Crippen LogP contribution < -0.4 is 5.32 Å². The second-order valence-corrected chi connectivity index (χ2v) is 5.55. The zero-order valence-corrected chi connectivity index (χ0v) is 10.0. The first-order valence-corrected chi connectivity index (χ1v) is 6.37. The maximum absolute atomic E-state index is 4.56. The molecule has 86 valence electrons. The van der Waals surface area contributed by atoms with Gasteiger partial charge in [-0.3, -0.25) is 4.98 Å². The Bertz CT molecular complexity index is 605. The molecule has 1 saturated heterocycles. The van der Waals surface area contributed by atoms with E-state index in [1.807, 2.05) is 6.92 Å². The van der Waals surface area contributed by atoms with Crippen LogP contribution in [0.1, 0.15) is 17.7 Å². The Morgan fingerprint density at radius 3 is 3.00 bits per heavy atom. The Hall–Kier alpha value is -1.41. The molecule has 1 aromatic carbocycles. The summed E-state index contributed by atoms with van der Waals surface area (Å²) in [7, 11) is 0. The van der Waals surface area contributed by atoms with Gasteiger partial charge in [-0.25, -0.2) is 0 Å². The van der Waals surface area contributed by atoms with Gasteiger partial charge in [-0.1, -0.05) is 12.1 Å². The molecule has 17 heavy (non-hydrogen) atoms. The molecule has 0 unspecified atom stereocenters. The first-order valence-electron chi connectivity index (χ1n) is 6.37. The van der Waals surface area contributed by atoms with Crippen LogP contribution in [0.5, 0.6) is 0 Å². The molecule has 0 spiro atoms. The summed E-state index contributed by atoms with van der Waals surface area (Å²) in [4.78, 5) is 4.56. The van der Waals surface area contributed by atoms with Gasteiger partial charge < -0.3 is 5.32 Å². The van der Waals surface area contributed by atoms with Gasteiger partial charge in [0, 0.05) is 23.0 Å². The minimum Gasteiger partial charge on any atom is -0.316 e. The molecular weight excluding hydrogens is 208 g/mol. The third kappa shape index (κ3) is 1.27. The Balaban J connectivity index is 1.85. The van der Waals surface area contributed by atoms with Crippen molar-refractivity contribution in [3.8, 4) is 0 Å². The van der Waals surface area contributed by atoms with Crippen molar-refractivity contribution >= 4 is 10.9 Å². The SMILES string of the molecule is Cc1ccc2cc([C@]34CNC[C@H]3C4)ccc2n1. The molecule has 1 N–H and O–H groups in total. The summed E-state index contributed by atoms with van der Waals surface area (Å²) in [6, 6.07) is 11.1. The third-order valence-electron chi connectivity index (χ3n) is 4.47. The summed E-state index contributed by atoms with van der Waals surface area (Å²) >= 11 is 0. The summed E-state index contributed by atoms with van der Waals surface area (Å²) in [6.07, 6.45) is 1.37. The lowest BCUT2D eigenvalue weighted by Crippen LogP contribution is -2.19. The molecule has 2 heterocycles. The quantitative estimate of drug-likeness (QED) is 0.804. The van der Waals surface area contributed by atoms with E-state index in [1.165, 1.54) is 23.9 Å². The molecule has 2 atom stereocenters. The van der Waals surface area contributed by atoms with Crippen LogP contribution >= 0.6 is 0 Å². The first kappa shape index (κ1) is 9.60. The summed E-state index contributed by atoms with van der Waals surface area (Å²) in [5.41, 5.74) is 4.17. The molecule has 0 bridgehead atoms. The molecule has 1 aromatic heterocycles. The molecule has 1 saturated carbocycles. The number of hydrogen-bond acceptors (Lipinski definition) is 2. The number of pyridine rings is 1. The van der Waals surface area contributed by atoms with Crippen molar-refractivity contribution in [2.45, 2.75) is 18.8 Å². The summed E-state index contributed by atoms with van der Waals surface area (Å²) in [6.45, 7) is 4.40. The minimum absolute atomic E-state index is 0.457. The van der Waals surface area contributed by atoms with Gasteiger partial charge >= 0.3 is 0 Å². The minimum atomic E-state index is 0.457. The van der Waals surface area contributed by atoms with Gasteiger partial charge in [-0.2, -0.15) is 0 Å². The van der Waals surface area contributed by atoms with Gasteiger partial charge in [0.15, 0.2) is 0 Å². The van der Waals surface area contributed by atoms with Crippen molar-refractivity contribution in [3.63, 3.8) is 0 Å². The fourth-order valence-corrected chi connectivity index (χ4v) is 3.33. The summed E-state index contributed by atoms with van der Waals surface area (Å²) in [5.74, 6) is 0.873. The molecule has 0 amide bonds. The lowest BCUT2D eigenvalue weighted by molar-refractivity contribution is 0.676. The highest BCUT2D eigenvalue weighted by molar-refractivity contribution is 5.80. The standard InChI is InChI=1S/C15H16N2/c1-10-2-3-11-6-12(4-5-14(11)17-10)15-7-13(15)8-16-9-15/h2-6,13,16H,7-9H2,1H3/t13-,15+/m1/s1. The molecule has 2 aromatic rings. The van der Waals surface area contributed by atoms with Crippen LogP contribution in [-0.4, -0.2) is 18.1 Å². The van der Waals surface area contributed by atoms with Crippen LogP contribution in [-0.2, 0) is 5.41 Å². The van der Waals surface area contributed by atoms with E-state index in [1.54, 1.807) is 0 Å². The van der Waals surface area contributed by atoms with E-state index in [0.717, 1.165) is 23.7 Å². The van der Waals surface area contributed by atoms with Gasteiger partial charge in [-0.05, 0) is 49.6 Å². The van der Waals surface area contributed by atoms with Crippen molar-refractivity contribution in [1.29, 1.82) is 0 Å². The van der Waals surface area contributed by atoms with Crippen LogP contribution in [0.4, 0.5) is 0 Å². The Labute approximate surface area is 101 Å². The lowest BCUT2D eigenvalue weighted by atomic mass is 9.94. The number of nitrogens with one attached hydrogen (secondary N) is 1. The Morgan fingerprint density at radius 1 is 1.29 bits per heavy atom. The molecule has 4 rings (SSSR count). The van der Waals surface area contributed by atoms with Gasteiger partial charge in [0.1, 0.15) is 0 Å². The smallest absolute Gasteiger partial charge is 0.0705 e. The second-order valence-electron chi connectivity index (χ2n) is 5.55. The fourth-order valence-electron chi connectivity index (χ4n) is 3.33. The summed E-state index contributed by atoms with van der Waals surface area (Å²) < 4.78 is 0. The van der Waals surface area contributed by atoms with Crippen LogP contribution in [0.15, 0.2) is 30.3 Å². The molecule has 2 heteroatoms. The maximum atomic E-state index is 4.56. The average molecular weight is 224 g/mol. The zero-order valence-electron chi connectivity index (χ0n) is 10.0. The third-order valence-corrected chi connectivity index (χ3v) is 4.47. The number of piperidine rings is 1. The number of benzene rings is 1. The fraction of sp³-hybridized carbons (Fsp3) is 0.400. The molecule has 2 fully saturated rings. The van der Waals surface area contributed by atoms with E-state index in [0.29, 0.717) is 5.41 Å². The van der Waals surface area contributed by atoms with Crippen molar-refractivity contribution < 1.29 is 0 Å². The Morgan fingerprint density at radius 2 is 2.24 bits per heavy atom. The predicted octanol–water partition coefficient (Wildman–Crippen LogP) is 2.40. The highest BCUT2D eigenvalue weighted by Gasteiger charge is 2.57. The van der Waals surface area contributed by atoms with Crippen molar-refractivity contribution in [2.24, 2.45) is 5.92 Å². The highest BCUT2D eigenvalue weighted by Crippen LogP contribution is 2.56. The van der Waals surface area contributed by atoms with Gasteiger partial charge in [0.05, 0.1) is 5.52 Å². The number of fused-ring (bicyclic) bond motifs is 2. The zero-order chi connectivity index (χ0) is 11.5. The van der Waals surface area contributed by atoms with Crippen LogP contribution in [0.3, 0.4) is 0 Å². The van der Waals surface area contributed by atoms with E-state index < -0.39 is 0 Å². The van der Waals surface area contributed by atoms with Gasteiger partial charge in [0.25, 0.3) is 0 Å².